The Hall–Kier alpha value is -1.03. The third kappa shape index (κ3) is 2.72. The summed E-state index contributed by atoms with van der Waals surface area (Å²) in [5, 5.41) is 0. The maximum Gasteiger partial charge on any atom is 0.162 e. The second-order valence-electron chi connectivity index (χ2n) is 3.60. The van der Waals surface area contributed by atoms with Crippen molar-refractivity contribution in [3.05, 3.63) is 35.4 Å². The zero-order valence-corrected chi connectivity index (χ0v) is 8.56. The molecule has 0 aromatic heterocycles. The van der Waals surface area contributed by atoms with Crippen LogP contribution in [0.4, 0.5) is 13.2 Å². The van der Waals surface area contributed by atoms with Crippen molar-refractivity contribution in [3.63, 3.8) is 0 Å². The Labute approximate surface area is 87.1 Å². The van der Waals surface area contributed by atoms with E-state index in [1.165, 1.54) is 12.1 Å². The topological polar surface area (TPSA) is 26.0 Å². The summed E-state index contributed by atoms with van der Waals surface area (Å²) in [6.45, 7) is 1.43. The highest BCUT2D eigenvalue weighted by Crippen LogP contribution is 2.23. The monoisotopic (exact) mass is 217 g/mol. The Kier molecular flexibility index (Phi) is 3.74. The van der Waals surface area contributed by atoms with Gasteiger partial charge in [0.15, 0.2) is 11.6 Å². The Morgan fingerprint density at radius 2 is 2.00 bits per heavy atom. The van der Waals surface area contributed by atoms with E-state index in [1.54, 1.807) is 6.92 Å². The summed E-state index contributed by atoms with van der Waals surface area (Å²) < 4.78 is 39.9. The van der Waals surface area contributed by atoms with Crippen LogP contribution in [-0.4, -0.2) is 12.2 Å². The van der Waals surface area contributed by atoms with E-state index in [0.29, 0.717) is 0 Å². The molecule has 1 nitrogen and oxygen atoms in total. The molecule has 0 aliphatic rings. The molecule has 0 spiro atoms. The fraction of sp³-hybridized carbons (Fsp3) is 0.455. The van der Waals surface area contributed by atoms with Gasteiger partial charge in [0.25, 0.3) is 0 Å². The summed E-state index contributed by atoms with van der Waals surface area (Å²) in [4.78, 5) is 0. The zero-order valence-electron chi connectivity index (χ0n) is 8.56. The fourth-order valence-corrected chi connectivity index (χ4v) is 1.37. The van der Waals surface area contributed by atoms with Crippen molar-refractivity contribution in [2.45, 2.75) is 25.4 Å². The lowest BCUT2D eigenvalue weighted by molar-refractivity contribution is 0.165. The molecule has 1 aromatic rings. The van der Waals surface area contributed by atoms with E-state index in [2.05, 4.69) is 0 Å². The summed E-state index contributed by atoms with van der Waals surface area (Å²) in [5.74, 6) is -1.94. The number of alkyl halides is 1. The van der Waals surface area contributed by atoms with Crippen molar-refractivity contribution in [1.29, 1.82) is 0 Å². The van der Waals surface area contributed by atoms with Crippen molar-refractivity contribution < 1.29 is 13.2 Å². The molecule has 2 N–H and O–H groups in total. The summed E-state index contributed by atoms with van der Waals surface area (Å²) in [5.41, 5.74) is 3.64. The van der Waals surface area contributed by atoms with Gasteiger partial charge in [-0.3, -0.25) is 0 Å². The molecule has 1 atom stereocenters. The van der Waals surface area contributed by atoms with Gasteiger partial charge in [-0.1, -0.05) is 19.1 Å². The number of nitrogens with two attached hydrogens (primary N) is 1. The second kappa shape index (κ2) is 4.66. The number of benzene rings is 1. The van der Waals surface area contributed by atoms with Crippen molar-refractivity contribution in [1.82, 2.24) is 0 Å². The van der Waals surface area contributed by atoms with Gasteiger partial charge in [-0.05, 0) is 18.1 Å². The molecule has 1 aromatic carbocycles. The fourth-order valence-electron chi connectivity index (χ4n) is 1.37. The minimum atomic E-state index is -1.66. The summed E-state index contributed by atoms with van der Waals surface area (Å²) in [7, 11) is 0. The van der Waals surface area contributed by atoms with Crippen LogP contribution in [0.25, 0.3) is 0 Å². The predicted molar refractivity (Wildman–Crippen MR) is 53.2 cm³/mol. The highest BCUT2D eigenvalue weighted by atomic mass is 19.2. The molecular formula is C11H14F3N. The first kappa shape index (κ1) is 12.0. The number of halogens is 3. The van der Waals surface area contributed by atoms with Gasteiger partial charge in [-0.15, -0.1) is 0 Å². The minimum Gasteiger partial charge on any atom is -0.328 e. The molecule has 0 radical (unpaired) electrons. The van der Waals surface area contributed by atoms with Crippen LogP contribution in [0.2, 0.25) is 0 Å². The lowest BCUT2D eigenvalue weighted by Gasteiger charge is -2.22. The lowest BCUT2D eigenvalue weighted by Crippen LogP contribution is -2.35. The van der Waals surface area contributed by atoms with E-state index in [1.807, 2.05) is 0 Å². The third-order valence-electron chi connectivity index (χ3n) is 2.54. The maximum absolute atomic E-state index is 13.8. The number of hydrogen-bond acceptors (Lipinski definition) is 1. The Morgan fingerprint density at radius 3 is 2.53 bits per heavy atom. The van der Waals surface area contributed by atoms with Crippen LogP contribution in [0.3, 0.4) is 0 Å². The van der Waals surface area contributed by atoms with Crippen LogP contribution >= 0.6 is 0 Å². The minimum absolute atomic E-state index is 0.0322. The second-order valence-corrected chi connectivity index (χ2v) is 3.60. The Morgan fingerprint density at radius 1 is 1.33 bits per heavy atom. The van der Waals surface area contributed by atoms with Crippen LogP contribution in [0, 0.1) is 11.6 Å². The molecule has 4 heteroatoms. The quantitative estimate of drug-likeness (QED) is 0.824. The van der Waals surface area contributed by atoms with Crippen molar-refractivity contribution in [2.24, 2.45) is 5.73 Å². The van der Waals surface area contributed by atoms with Crippen molar-refractivity contribution >= 4 is 0 Å². The summed E-state index contributed by atoms with van der Waals surface area (Å²) in [6.07, 6.45) is -0.0109. The van der Waals surface area contributed by atoms with Gasteiger partial charge in [0.2, 0.25) is 0 Å². The van der Waals surface area contributed by atoms with Crippen LogP contribution in [-0.2, 0) is 6.42 Å². The highest BCUT2D eigenvalue weighted by molar-refractivity contribution is 5.21. The van der Waals surface area contributed by atoms with E-state index in [-0.39, 0.29) is 24.9 Å². The molecule has 15 heavy (non-hydrogen) atoms. The Bertz CT molecular complexity index is 335. The van der Waals surface area contributed by atoms with Gasteiger partial charge in [-0.25, -0.2) is 13.2 Å². The molecule has 0 amide bonds. The van der Waals surface area contributed by atoms with Gasteiger partial charge < -0.3 is 5.73 Å². The van der Waals surface area contributed by atoms with E-state index in [9.17, 15) is 13.2 Å². The van der Waals surface area contributed by atoms with Crippen LogP contribution in [0.5, 0.6) is 0 Å². The Balaban J connectivity index is 2.94. The zero-order chi connectivity index (χ0) is 11.5. The molecule has 0 saturated carbocycles. The lowest BCUT2D eigenvalue weighted by atomic mass is 9.93. The average Bonchev–Trinajstić information content (AvgIpc) is 2.25. The molecule has 0 saturated heterocycles. The van der Waals surface area contributed by atoms with E-state index in [0.717, 1.165) is 6.07 Å². The molecule has 0 heterocycles. The normalized spacial score (nSPS) is 15.0. The van der Waals surface area contributed by atoms with E-state index >= 15 is 0 Å². The average molecular weight is 217 g/mol. The SMILES string of the molecule is CCC(F)(CN)Cc1cccc(F)c1F. The van der Waals surface area contributed by atoms with Crippen LogP contribution < -0.4 is 5.73 Å². The summed E-state index contributed by atoms with van der Waals surface area (Å²) in [6, 6.07) is 3.74. The van der Waals surface area contributed by atoms with Crippen molar-refractivity contribution in [3.8, 4) is 0 Å². The molecule has 0 aliphatic carbocycles. The molecular weight excluding hydrogens is 203 g/mol. The molecule has 1 unspecified atom stereocenters. The molecule has 0 bridgehead atoms. The molecule has 0 aliphatic heterocycles. The smallest absolute Gasteiger partial charge is 0.162 e. The van der Waals surface area contributed by atoms with Crippen LogP contribution in [0.1, 0.15) is 18.9 Å². The number of hydrogen-bond donors (Lipinski definition) is 1. The maximum atomic E-state index is 13.8. The standard InChI is InChI=1S/C11H14F3N/c1-2-11(14,7-15)6-8-4-3-5-9(12)10(8)13/h3-5H,2,6-7,15H2,1H3. The first-order chi connectivity index (χ1) is 7.02. The summed E-state index contributed by atoms with van der Waals surface area (Å²) >= 11 is 0. The van der Waals surface area contributed by atoms with Gasteiger partial charge in [0.1, 0.15) is 5.67 Å². The third-order valence-corrected chi connectivity index (χ3v) is 2.54. The molecule has 1 rings (SSSR count). The van der Waals surface area contributed by atoms with Gasteiger partial charge in [0, 0.05) is 13.0 Å². The van der Waals surface area contributed by atoms with Gasteiger partial charge in [0.05, 0.1) is 0 Å². The first-order valence-electron chi connectivity index (χ1n) is 4.84. The predicted octanol–water partition coefficient (Wildman–Crippen LogP) is 2.58. The molecule has 84 valence electrons. The van der Waals surface area contributed by atoms with Crippen molar-refractivity contribution in [2.75, 3.05) is 6.54 Å². The molecule has 0 fully saturated rings. The van der Waals surface area contributed by atoms with E-state index in [4.69, 9.17) is 5.73 Å². The van der Waals surface area contributed by atoms with Gasteiger partial charge in [-0.2, -0.15) is 0 Å². The first-order valence-corrected chi connectivity index (χ1v) is 4.84. The van der Waals surface area contributed by atoms with Crippen LogP contribution in [0.15, 0.2) is 18.2 Å². The largest absolute Gasteiger partial charge is 0.328 e. The highest BCUT2D eigenvalue weighted by Gasteiger charge is 2.27. The van der Waals surface area contributed by atoms with E-state index < -0.39 is 17.3 Å². The number of rotatable bonds is 4. The van der Waals surface area contributed by atoms with Gasteiger partial charge >= 0.3 is 0 Å².